The minimum atomic E-state index is -0.167. The van der Waals surface area contributed by atoms with E-state index in [-0.39, 0.29) is 24.1 Å². The minimum Gasteiger partial charge on any atom is -0.345 e. The van der Waals surface area contributed by atoms with Crippen molar-refractivity contribution in [3.63, 3.8) is 0 Å². The van der Waals surface area contributed by atoms with Crippen molar-refractivity contribution in [3.8, 4) is 0 Å². The number of carbonyl (C=O) groups excluding carboxylic acids is 2. The fourth-order valence-corrected chi connectivity index (χ4v) is 4.76. The van der Waals surface area contributed by atoms with Crippen molar-refractivity contribution in [2.45, 2.75) is 38.0 Å². The molecule has 0 fully saturated rings. The number of benzene rings is 2. The van der Waals surface area contributed by atoms with Gasteiger partial charge in [0.2, 0.25) is 5.91 Å². The zero-order valence-corrected chi connectivity index (χ0v) is 19.5. The monoisotopic (exact) mass is 461 g/mol. The van der Waals surface area contributed by atoms with E-state index in [2.05, 4.69) is 28.2 Å². The molecule has 0 spiro atoms. The number of allylic oxidation sites excluding steroid dienone is 1. The molecule has 1 aromatic heterocycles. The maximum absolute atomic E-state index is 13.0. The lowest BCUT2D eigenvalue weighted by atomic mass is 10.0. The van der Waals surface area contributed by atoms with Crippen LogP contribution in [0.25, 0.3) is 0 Å². The molecule has 2 amide bonds. The van der Waals surface area contributed by atoms with E-state index in [1.807, 2.05) is 52.8 Å². The number of anilines is 1. The fourth-order valence-electron chi connectivity index (χ4n) is 3.91. The molecule has 33 heavy (non-hydrogen) atoms. The SMILES string of the molecule is C=CCn1c(CNC(=O)c2cccc(C)c2)nnc1SCC(=O)N1CCCc2ccccc21. The molecule has 2 aromatic carbocycles. The number of rotatable bonds is 8. The van der Waals surface area contributed by atoms with Gasteiger partial charge in [0.05, 0.1) is 12.3 Å². The minimum absolute atomic E-state index is 0.0506. The molecule has 2 heterocycles. The van der Waals surface area contributed by atoms with Gasteiger partial charge in [-0.05, 0) is 43.5 Å². The predicted molar refractivity (Wildman–Crippen MR) is 130 cm³/mol. The van der Waals surface area contributed by atoms with E-state index in [1.54, 1.807) is 12.1 Å². The molecule has 0 atom stereocenters. The van der Waals surface area contributed by atoms with Crippen molar-refractivity contribution in [2.75, 3.05) is 17.2 Å². The number of fused-ring (bicyclic) bond motifs is 1. The van der Waals surface area contributed by atoms with Crippen molar-refractivity contribution in [3.05, 3.63) is 83.7 Å². The van der Waals surface area contributed by atoms with Crippen molar-refractivity contribution in [2.24, 2.45) is 0 Å². The van der Waals surface area contributed by atoms with Gasteiger partial charge in [0.15, 0.2) is 11.0 Å². The van der Waals surface area contributed by atoms with Crippen molar-refractivity contribution in [1.82, 2.24) is 20.1 Å². The summed E-state index contributed by atoms with van der Waals surface area (Å²) in [4.78, 5) is 27.3. The molecule has 7 nitrogen and oxygen atoms in total. The largest absolute Gasteiger partial charge is 0.345 e. The summed E-state index contributed by atoms with van der Waals surface area (Å²) in [5, 5.41) is 12.1. The van der Waals surface area contributed by atoms with Crippen LogP contribution in [-0.2, 0) is 24.3 Å². The third-order valence-electron chi connectivity index (χ3n) is 5.53. The highest BCUT2D eigenvalue weighted by Crippen LogP contribution is 2.28. The lowest BCUT2D eigenvalue weighted by Gasteiger charge is -2.29. The number of nitrogens with one attached hydrogen (secondary N) is 1. The topological polar surface area (TPSA) is 80.1 Å². The number of aryl methyl sites for hydroxylation is 2. The van der Waals surface area contributed by atoms with Gasteiger partial charge in [0.1, 0.15) is 0 Å². The Kier molecular flexibility index (Phi) is 7.24. The van der Waals surface area contributed by atoms with Gasteiger partial charge in [-0.2, -0.15) is 0 Å². The fraction of sp³-hybridized carbons (Fsp3) is 0.280. The van der Waals surface area contributed by atoms with Crippen molar-refractivity contribution < 1.29 is 9.59 Å². The van der Waals surface area contributed by atoms with E-state index in [1.165, 1.54) is 17.3 Å². The van der Waals surface area contributed by atoms with E-state index >= 15 is 0 Å². The van der Waals surface area contributed by atoms with Crippen LogP contribution in [0.3, 0.4) is 0 Å². The Hall–Kier alpha value is -3.39. The average molecular weight is 462 g/mol. The summed E-state index contributed by atoms with van der Waals surface area (Å²) in [6.07, 6.45) is 3.71. The second kappa shape index (κ2) is 10.5. The van der Waals surface area contributed by atoms with Gasteiger partial charge in [0, 0.05) is 24.3 Å². The molecule has 0 saturated carbocycles. The summed E-state index contributed by atoms with van der Waals surface area (Å²) >= 11 is 1.35. The van der Waals surface area contributed by atoms with Gasteiger partial charge < -0.3 is 14.8 Å². The molecule has 170 valence electrons. The number of para-hydroxylation sites is 1. The molecule has 8 heteroatoms. The Morgan fingerprint density at radius 3 is 2.85 bits per heavy atom. The van der Waals surface area contributed by atoms with Crippen LogP contribution in [0.2, 0.25) is 0 Å². The maximum atomic E-state index is 13.0. The predicted octanol–water partition coefficient (Wildman–Crippen LogP) is 3.77. The van der Waals surface area contributed by atoms with Crippen LogP contribution in [0.15, 0.2) is 66.3 Å². The van der Waals surface area contributed by atoms with Crippen LogP contribution in [0.5, 0.6) is 0 Å². The number of amides is 2. The number of hydrogen-bond acceptors (Lipinski definition) is 5. The van der Waals surface area contributed by atoms with Gasteiger partial charge in [-0.3, -0.25) is 9.59 Å². The molecular weight excluding hydrogens is 434 g/mol. The van der Waals surface area contributed by atoms with Gasteiger partial charge in [0.25, 0.3) is 5.91 Å². The molecule has 3 aromatic rings. The number of thioether (sulfide) groups is 1. The van der Waals surface area contributed by atoms with Crippen molar-refractivity contribution in [1.29, 1.82) is 0 Å². The van der Waals surface area contributed by atoms with Gasteiger partial charge >= 0.3 is 0 Å². The van der Waals surface area contributed by atoms with Crippen LogP contribution >= 0.6 is 11.8 Å². The maximum Gasteiger partial charge on any atom is 0.251 e. The van der Waals surface area contributed by atoms with E-state index in [9.17, 15) is 9.59 Å². The normalized spacial score (nSPS) is 12.8. The Balaban J connectivity index is 1.41. The first kappa shape index (κ1) is 22.8. The molecule has 0 aliphatic carbocycles. The Bertz CT molecular complexity index is 1170. The van der Waals surface area contributed by atoms with E-state index < -0.39 is 0 Å². The standard InChI is InChI=1S/C25H27N5O2S/c1-3-13-30-22(16-26-24(32)20-10-6-8-18(2)15-20)27-28-25(30)33-17-23(31)29-14-7-11-19-9-4-5-12-21(19)29/h3-6,8-10,12,15H,1,7,11,13-14,16-17H2,2H3,(H,26,32). The molecule has 1 N–H and O–H groups in total. The molecule has 0 unspecified atom stereocenters. The second-order valence-corrected chi connectivity index (χ2v) is 8.86. The highest BCUT2D eigenvalue weighted by molar-refractivity contribution is 7.99. The lowest BCUT2D eigenvalue weighted by molar-refractivity contribution is -0.116. The van der Waals surface area contributed by atoms with Crippen molar-refractivity contribution >= 4 is 29.3 Å². The van der Waals surface area contributed by atoms with Crippen LogP contribution < -0.4 is 10.2 Å². The summed E-state index contributed by atoms with van der Waals surface area (Å²) < 4.78 is 1.88. The van der Waals surface area contributed by atoms with E-state index in [0.29, 0.717) is 23.1 Å². The zero-order valence-electron chi connectivity index (χ0n) is 18.7. The summed E-state index contributed by atoms with van der Waals surface area (Å²) in [6, 6.07) is 15.5. The Morgan fingerprint density at radius 1 is 1.18 bits per heavy atom. The smallest absolute Gasteiger partial charge is 0.251 e. The number of carbonyl (C=O) groups is 2. The third-order valence-corrected chi connectivity index (χ3v) is 6.48. The van der Waals surface area contributed by atoms with Gasteiger partial charge in [-0.25, -0.2) is 0 Å². The van der Waals surface area contributed by atoms with Gasteiger partial charge in [-0.1, -0.05) is 53.7 Å². The Labute approximate surface area is 197 Å². The van der Waals surface area contributed by atoms with Crippen LogP contribution in [0.4, 0.5) is 5.69 Å². The molecule has 0 radical (unpaired) electrons. The highest BCUT2D eigenvalue weighted by atomic mass is 32.2. The third kappa shape index (κ3) is 5.34. The average Bonchev–Trinajstić information content (AvgIpc) is 3.22. The van der Waals surface area contributed by atoms with Crippen LogP contribution in [-0.4, -0.2) is 38.9 Å². The molecule has 4 rings (SSSR count). The molecule has 0 saturated heterocycles. The zero-order chi connectivity index (χ0) is 23.2. The first-order valence-corrected chi connectivity index (χ1v) is 11.9. The second-order valence-electron chi connectivity index (χ2n) is 7.92. The number of hydrogen-bond donors (Lipinski definition) is 1. The quantitative estimate of drug-likeness (QED) is 0.408. The number of aromatic nitrogens is 3. The summed E-state index contributed by atoms with van der Waals surface area (Å²) in [5.74, 6) is 0.767. The number of nitrogens with zero attached hydrogens (tertiary/aromatic N) is 4. The van der Waals surface area contributed by atoms with E-state index in [0.717, 1.165) is 30.6 Å². The van der Waals surface area contributed by atoms with Gasteiger partial charge in [-0.15, -0.1) is 16.8 Å². The van der Waals surface area contributed by atoms with Crippen LogP contribution in [0.1, 0.15) is 33.7 Å². The molecule has 1 aliphatic rings. The molecular formula is C25H27N5O2S. The first-order chi connectivity index (χ1) is 16.1. The summed E-state index contributed by atoms with van der Waals surface area (Å²) in [5.41, 5.74) is 3.84. The summed E-state index contributed by atoms with van der Waals surface area (Å²) in [7, 11) is 0. The molecule has 1 aliphatic heterocycles. The van der Waals surface area contributed by atoms with E-state index in [4.69, 9.17) is 0 Å². The lowest BCUT2D eigenvalue weighted by Crippen LogP contribution is -2.36. The summed E-state index contributed by atoms with van der Waals surface area (Å²) in [6.45, 7) is 7.22. The van der Waals surface area contributed by atoms with Crippen LogP contribution in [0, 0.1) is 6.92 Å². The highest BCUT2D eigenvalue weighted by Gasteiger charge is 2.23. The Morgan fingerprint density at radius 2 is 2.03 bits per heavy atom. The molecule has 0 bridgehead atoms. The first-order valence-electron chi connectivity index (χ1n) is 11.0.